The summed E-state index contributed by atoms with van der Waals surface area (Å²) in [5.41, 5.74) is 15.5. The predicted molar refractivity (Wildman–Crippen MR) is 89.1 cm³/mol. The molecule has 25 heavy (non-hydrogen) atoms. The number of carbonyl (C=O) groups is 4. The molecule has 0 aromatic rings. The fraction of sp³-hybridized carbons (Fsp3) is 0.615. The summed E-state index contributed by atoms with van der Waals surface area (Å²) in [6.45, 7) is 0.897. The van der Waals surface area contributed by atoms with Crippen molar-refractivity contribution in [3.8, 4) is 0 Å². The first-order valence-electron chi connectivity index (χ1n) is 7.52. The van der Waals surface area contributed by atoms with Crippen LogP contribution in [0.4, 0.5) is 0 Å². The highest BCUT2D eigenvalue weighted by molar-refractivity contribution is 5.92. The van der Waals surface area contributed by atoms with Crippen LogP contribution in [-0.4, -0.2) is 66.5 Å². The number of nitrogens with zero attached hydrogens (tertiary/aromatic N) is 1. The number of amides is 3. The molecule has 2 atom stereocenters. The van der Waals surface area contributed by atoms with Gasteiger partial charge in [0, 0.05) is 6.54 Å². The average molecular weight is 359 g/mol. The van der Waals surface area contributed by atoms with Gasteiger partial charge >= 0.3 is 5.97 Å². The molecule has 0 bridgehead atoms. The minimum Gasteiger partial charge on any atom is -0.480 e. The summed E-state index contributed by atoms with van der Waals surface area (Å²) in [5, 5.41) is 15.8. The molecule has 0 aromatic carbocycles. The van der Waals surface area contributed by atoms with Crippen molar-refractivity contribution in [2.24, 2.45) is 22.2 Å². The zero-order chi connectivity index (χ0) is 19.4. The van der Waals surface area contributed by atoms with Gasteiger partial charge in [-0.05, 0) is 19.8 Å². The zero-order valence-electron chi connectivity index (χ0n) is 13.9. The fourth-order valence-corrected chi connectivity index (χ4v) is 1.64. The van der Waals surface area contributed by atoms with Crippen LogP contribution in [-0.2, 0) is 19.2 Å². The lowest BCUT2D eigenvalue weighted by atomic mass is 10.1. The number of hydrogen-bond donors (Lipinski definition) is 7. The number of aliphatic carboxylic acids is 1. The minimum atomic E-state index is -1.21. The first kappa shape index (κ1) is 22.1. The van der Waals surface area contributed by atoms with Gasteiger partial charge in [-0.2, -0.15) is 0 Å². The van der Waals surface area contributed by atoms with Gasteiger partial charge in [0.1, 0.15) is 12.1 Å². The first-order chi connectivity index (χ1) is 11.7. The summed E-state index contributed by atoms with van der Waals surface area (Å²) in [6.07, 6.45) is 0.540. The molecule has 0 saturated heterocycles. The number of carboxylic acids is 1. The molecule has 2 unspecified atom stereocenters. The predicted octanol–water partition coefficient (Wildman–Crippen LogP) is -3.81. The lowest BCUT2D eigenvalue weighted by molar-refractivity contribution is -0.141. The molecule has 0 aromatic heterocycles. The van der Waals surface area contributed by atoms with Crippen LogP contribution in [0.3, 0.4) is 0 Å². The van der Waals surface area contributed by atoms with Crippen LogP contribution >= 0.6 is 0 Å². The van der Waals surface area contributed by atoms with Gasteiger partial charge in [0.2, 0.25) is 17.7 Å². The van der Waals surface area contributed by atoms with Crippen LogP contribution in [0, 0.1) is 0 Å². The Morgan fingerprint density at radius 2 is 1.76 bits per heavy atom. The maximum atomic E-state index is 12.1. The molecule has 0 saturated carbocycles. The number of carboxylic acid groups (broad SMARTS) is 1. The number of hydrogen-bond acceptors (Lipinski definition) is 6. The van der Waals surface area contributed by atoms with Gasteiger partial charge in [0.15, 0.2) is 5.96 Å². The van der Waals surface area contributed by atoms with E-state index in [0.717, 1.165) is 0 Å². The van der Waals surface area contributed by atoms with Crippen LogP contribution in [0.1, 0.15) is 19.8 Å². The minimum absolute atomic E-state index is 0.103. The quantitative estimate of drug-likeness (QED) is 0.110. The molecule has 3 amide bonds. The Bertz CT molecular complexity index is 519. The van der Waals surface area contributed by atoms with Crippen LogP contribution in [0.25, 0.3) is 0 Å². The third kappa shape index (κ3) is 10.5. The summed E-state index contributed by atoms with van der Waals surface area (Å²) in [7, 11) is 0. The van der Waals surface area contributed by atoms with Crippen molar-refractivity contribution in [1.29, 1.82) is 0 Å². The van der Waals surface area contributed by atoms with Gasteiger partial charge in [-0.3, -0.25) is 24.2 Å². The van der Waals surface area contributed by atoms with E-state index in [1.807, 2.05) is 0 Å². The van der Waals surface area contributed by atoms with E-state index in [-0.39, 0.29) is 32.0 Å². The first-order valence-corrected chi connectivity index (χ1v) is 7.52. The maximum absolute atomic E-state index is 12.1. The molecule has 12 heteroatoms. The number of guanidine groups is 1. The van der Waals surface area contributed by atoms with E-state index < -0.39 is 35.8 Å². The van der Waals surface area contributed by atoms with E-state index in [2.05, 4.69) is 20.9 Å². The molecule has 0 spiro atoms. The van der Waals surface area contributed by atoms with Crippen molar-refractivity contribution in [1.82, 2.24) is 16.0 Å². The molecule has 0 aliphatic carbocycles. The largest absolute Gasteiger partial charge is 0.480 e. The average Bonchev–Trinajstić information content (AvgIpc) is 2.54. The summed E-state index contributed by atoms with van der Waals surface area (Å²) in [4.78, 5) is 49.6. The highest BCUT2D eigenvalue weighted by Crippen LogP contribution is 2.00. The van der Waals surface area contributed by atoms with Crippen LogP contribution in [0.2, 0.25) is 0 Å². The Hall–Kier alpha value is -2.89. The molecule has 12 nitrogen and oxygen atoms in total. The Morgan fingerprint density at radius 3 is 2.28 bits per heavy atom. The second-order valence-electron chi connectivity index (χ2n) is 5.12. The fourth-order valence-electron chi connectivity index (χ4n) is 1.64. The summed E-state index contributed by atoms with van der Waals surface area (Å²) in [6, 6.07) is -2.13. The number of carbonyl (C=O) groups excluding carboxylic acids is 3. The third-order valence-corrected chi connectivity index (χ3v) is 2.96. The highest BCUT2D eigenvalue weighted by atomic mass is 16.4. The molecular formula is C13H25N7O5. The Balaban J connectivity index is 4.72. The molecule has 10 N–H and O–H groups in total. The Kier molecular flexibility index (Phi) is 10.3. The lowest BCUT2D eigenvalue weighted by Gasteiger charge is -2.20. The van der Waals surface area contributed by atoms with E-state index in [9.17, 15) is 19.2 Å². The molecule has 0 heterocycles. The van der Waals surface area contributed by atoms with Gasteiger partial charge in [0.25, 0.3) is 0 Å². The van der Waals surface area contributed by atoms with Crippen molar-refractivity contribution in [2.45, 2.75) is 31.8 Å². The van der Waals surface area contributed by atoms with Crippen LogP contribution < -0.4 is 33.2 Å². The highest BCUT2D eigenvalue weighted by Gasteiger charge is 2.23. The molecule has 0 aliphatic rings. The number of nitrogens with one attached hydrogen (secondary N) is 3. The van der Waals surface area contributed by atoms with Crippen LogP contribution in [0.15, 0.2) is 4.99 Å². The monoisotopic (exact) mass is 359 g/mol. The molecule has 142 valence electrons. The molecule has 0 aliphatic heterocycles. The summed E-state index contributed by atoms with van der Waals surface area (Å²) in [5.74, 6) is -3.13. The topological polar surface area (TPSA) is 215 Å². The van der Waals surface area contributed by atoms with Crippen LogP contribution in [0.5, 0.6) is 0 Å². The maximum Gasteiger partial charge on any atom is 0.325 e. The third-order valence-electron chi connectivity index (χ3n) is 2.96. The SMILES string of the molecule is CC(NC(=O)C(CCCN=C(N)N)NC(=O)CNC(=O)CN)C(=O)O. The summed E-state index contributed by atoms with van der Waals surface area (Å²) < 4.78 is 0. The van der Waals surface area contributed by atoms with Gasteiger partial charge in [-0.25, -0.2) is 0 Å². The van der Waals surface area contributed by atoms with E-state index in [0.29, 0.717) is 6.42 Å². The Morgan fingerprint density at radius 1 is 1.12 bits per heavy atom. The number of nitrogens with two attached hydrogens (primary N) is 3. The van der Waals surface area contributed by atoms with Crippen molar-refractivity contribution in [2.75, 3.05) is 19.6 Å². The normalized spacial score (nSPS) is 12.4. The van der Waals surface area contributed by atoms with Crippen molar-refractivity contribution < 1.29 is 24.3 Å². The van der Waals surface area contributed by atoms with Crippen molar-refractivity contribution in [3.63, 3.8) is 0 Å². The van der Waals surface area contributed by atoms with Gasteiger partial charge in [-0.1, -0.05) is 0 Å². The second-order valence-corrected chi connectivity index (χ2v) is 5.12. The van der Waals surface area contributed by atoms with Crippen molar-refractivity contribution >= 4 is 29.7 Å². The van der Waals surface area contributed by atoms with Gasteiger partial charge in [-0.15, -0.1) is 0 Å². The Labute approximate surface area is 144 Å². The van der Waals surface area contributed by atoms with E-state index in [1.54, 1.807) is 0 Å². The standard InChI is InChI=1S/C13H25N7O5/c1-7(12(24)25)19-11(23)8(3-2-4-17-13(15)16)20-10(22)6-18-9(21)5-14/h7-8H,2-6,14H2,1H3,(H,18,21)(H,19,23)(H,20,22)(H,24,25)(H4,15,16,17). The molecular weight excluding hydrogens is 334 g/mol. The molecule has 0 fully saturated rings. The van der Waals surface area contributed by atoms with Gasteiger partial charge in [0.05, 0.1) is 13.1 Å². The molecule has 0 rings (SSSR count). The smallest absolute Gasteiger partial charge is 0.325 e. The lowest BCUT2D eigenvalue weighted by Crippen LogP contribution is -2.52. The number of rotatable bonds is 11. The zero-order valence-corrected chi connectivity index (χ0v) is 13.9. The van der Waals surface area contributed by atoms with E-state index in [1.165, 1.54) is 6.92 Å². The number of aliphatic imine (C=N–C) groups is 1. The van der Waals surface area contributed by atoms with E-state index >= 15 is 0 Å². The van der Waals surface area contributed by atoms with Gasteiger partial charge < -0.3 is 38.3 Å². The van der Waals surface area contributed by atoms with Crippen molar-refractivity contribution in [3.05, 3.63) is 0 Å². The van der Waals surface area contributed by atoms with E-state index in [4.69, 9.17) is 22.3 Å². The summed E-state index contributed by atoms with van der Waals surface area (Å²) >= 11 is 0. The molecule has 0 radical (unpaired) electrons. The second kappa shape index (κ2) is 11.6.